The van der Waals surface area contributed by atoms with Gasteiger partial charge in [-0.3, -0.25) is 0 Å². The third kappa shape index (κ3) is 3.32. The molecule has 0 saturated heterocycles. The summed E-state index contributed by atoms with van der Waals surface area (Å²) < 4.78 is 36.4. The SMILES string of the molecule is CCCCC(n1cc[n+](C)c1)S(=O)(=O)[O-]. The van der Waals surface area contributed by atoms with E-state index >= 15 is 0 Å². The Morgan fingerprint density at radius 1 is 1.53 bits per heavy atom. The van der Waals surface area contributed by atoms with Crippen molar-refractivity contribution in [3.8, 4) is 0 Å². The molecular weight excluding hydrogens is 216 g/mol. The third-order valence-electron chi connectivity index (χ3n) is 2.26. The third-order valence-corrected chi connectivity index (χ3v) is 3.41. The van der Waals surface area contributed by atoms with Gasteiger partial charge >= 0.3 is 0 Å². The van der Waals surface area contributed by atoms with Crippen molar-refractivity contribution in [2.24, 2.45) is 7.05 Å². The van der Waals surface area contributed by atoms with Crippen LogP contribution in [0.3, 0.4) is 0 Å². The van der Waals surface area contributed by atoms with Crippen LogP contribution in [-0.4, -0.2) is 17.5 Å². The maximum atomic E-state index is 11.1. The maximum absolute atomic E-state index is 11.1. The zero-order valence-electron chi connectivity index (χ0n) is 8.96. The highest BCUT2D eigenvalue weighted by molar-refractivity contribution is 7.85. The predicted octanol–water partition coefficient (Wildman–Crippen LogP) is 0.547. The van der Waals surface area contributed by atoms with E-state index in [4.69, 9.17) is 0 Å². The van der Waals surface area contributed by atoms with E-state index in [2.05, 4.69) is 0 Å². The van der Waals surface area contributed by atoms with Gasteiger partial charge in [0.05, 0.1) is 7.05 Å². The molecule has 6 heteroatoms. The fraction of sp³-hybridized carbons (Fsp3) is 0.667. The van der Waals surface area contributed by atoms with E-state index in [1.807, 2.05) is 6.92 Å². The van der Waals surface area contributed by atoms with Crippen LogP contribution >= 0.6 is 0 Å². The van der Waals surface area contributed by atoms with E-state index in [1.54, 1.807) is 30.3 Å². The molecular formula is C9H16N2O3S. The Hall–Kier alpha value is -0.880. The first-order chi connectivity index (χ1) is 6.95. The van der Waals surface area contributed by atoms with Gasteiger partial charge in [0, 0.05) is 6.42 Å². The molecule has 15 heavy (non-hydrogen) atoms. The normalized spacial score (nSPS) is 14.1. The van der Waals surface area contributed by atoms with Gasteiger partial charge in [0.15, 0.2) is 5.37 Å². The number of aryl methyl sites for hydroxylation is 1. The van der Waals surface area contributed by atoms with E-state index in [1.165, 1.54) is 4.57 Å². The largest absolute Gasteiger partial charge is 0.745 e. The van der Waals surface area contributed by atoms with Gasteiger partial charge in [0.25, 0.3) is 0 Å². The van der Waals surface area contributed by atoms with E-state index in [0.717, 1.165) is 12.8 Å². The van der Waals surface area contributed by atoms with Crippen LogP contribution in [0.25, 0.3) is 0 Å². The lowest BCUT2D eigenvalue weighted by molar-refractivity contribution is -0.671. The van der Waals surface area contributed by atoms with Gasteiger partial charge in [-0.25, -0.2) is 17.6 Å². The summed E-state index contributed by atoms with van der Waals surface area (Å²) in [6, 6.07) is 0. The van der Waals surface area contributed by atoms with E-state index in [9.17, 15) is 13.0 Å². The number of nitrogens with zero attached hydrogens (tertiary/aromatic N) is 2. The van der Waals surface area contributed by atoms with Crippen molar-refractivity contribution in [2.75, 3.05) is 0 Å². The average molecular weight is 232 g/mol. The molecule has 86 valence electrons. The summed E-state index contributed by atoms with van der Waals surface area (Å²) in [4.78, 5) is 0. The minimum atomic E-state index is -4.28. The topological polar surface area (TPSA) is 66.0 Å². The summed E-state index contributed by atoms with van der Waals surface area (Å²) in [5.74, 6) is 0. The second-order valence-electron chi connectivity index (χ2n) is 3.62. The number of imidazole rings is 1. The van der Waals surface area contributed by atoms with Crippen molar-refractivity contribution < 1.29 is 17.5 Å². The average Bonchev–Trinajstić information content (AvgIpc) is 2.50. The molecule has 0 aliphatic rings. The summed E-state index contributed by atoms with van der Waals surface area (Å²) in [7, 11) is -2.49. The Morgan fingerprint density at radius 3 is 2.60 bits per heavy atom. The minimum Gasteiger partial charge on any atom is -0.745 e. The summed E-state index contributed by atoms with van der Waals surface area (Å²) in [5.41, 5.74) is 0. The lowest BCUT2D eigenvalue weighted by atomic mass is 10.2. The van der Waals surface area contributed by atoms with Crippen LogP contribution in [0.1, 0.15) is 31.6 Å². The predicted molar refractivity (Wildman–Crippen MR) is 53.9 cm³/mol. The fourth-order valence-corrected chi connectivity index (χ4v) is 2.34. The Labute approximate surface area is 90.1 Å². The minimum absolute atomic E-state index is 0.372. The number of hydrogen-bond acceptors (Lipinski definition) is 3. The van der Waals surface area contributed by atoms with E-state index in [-0.39, 0.29) is 0 Å². The van der Waals surface area contributed by atoms with Gasteiger partial charge in [0.2, 0.25) is 6.33 Å². The molecule has 0 aromatic carbocycles. The molecule has 5 nitrogen and oxygen atoms in total. The van der Waals surface area contributed by atoms with Crippen LogP contribution in [0.15, 0.2) is 18.7 Å². The van der Waals surface area contributed by atoms with Crippen LogP contribution in [0.4, 0.5) is 0 Å². The fourth-order valence-electron chi connectivity index (χ4n) is 1.46. The summed E-state index contributed by atoms with van der Waals surface area (Å²) in [6.45, 7) is 1.96. The second kappa shape index (κ2) is 4.76. The molecule has 0 spiro atoms. The van der Waals surface area contributed by atoms with Crippen molar-refractivity contribution in [3.63, 3.8) is 0 Å². The molecule has 0 bridgehead atoms. The molecule has 1 atom stereocenters. The molecule has 1 aromatic heterocycles. The highest BCUT2D eigenvalue weighted by atomic mass is 32.2. The molecule has 0 saturated carbocycles. The van der Waals surface area contributed by atoms with E-state index < -0.39 is 15.5 Å². The first-order valence-corrected chi connectivity index (χ1v) is 6.39. The zero-order valence-corrected chi connectivity index (χ0v) is 9.77. The monoisotopic (exact) mass is 232 g/mol. The van der Waals surface area contributed by atoms with Gasteiger partial charge in [-0.2, -0.15) is 0 Å². The van der Waals surface area contributed by atoms with Crippen LogP contribution < -0.4 is 4.57 Å². The summed E-state index contributed by atoms with van der Waals surface area (Å²) in [6.07, 6.45) is 6.90. The number of rotatable bonds is 5. The molecule has 1 rings (SSSR count). The van der Waals surface area contributed by atoms with Gasteiger partial charge in [-0.15, -0.1) is 0 Å². The van der Waals surface area contributed by atoms with Gasteiger partial charge in [0.1, 0.15) is 22.5 Å². The molecule has 1 unspecified atom stereocenters. The molecule has 0 aliphatic carbocycles. The Kier molecular flexibility index (Phi) is 3.87. The number of unbranched alkanes of at least 4 members (excludes halogenated alkanes) is 1. The van der Waals surface area contributed by atoms with Crippen molar-refractivity contribution in [2.45, 2.75) is 31.6 Å². The Balaban J connectivity index is 2.91. The van der Waals surface area contributed by atoms with Crippen LogP contribution in [0.2, 0.25) is 0 Å². The number of hydrogen-bond donors (Lipinski definition) is 0. The van der Waals surface area contributed by atoms with Crippen LogP contribution in [0, 0.1) is 0 Å². The van der Waals surface area contributed by atoms with Crippen molar-refractivity contribution in [1.29, 1.82) is 0 Å². The molecule has 0 N–H and O–H groups in total. The lowest BCUT2D eigenvalue weighted by Crippen LogP contribution is -2.26. The van der Waals surface area contributed by atoms with Gasteiger partial charge in [-0.1, -0.05) is 13.3 Å². The molecule has 0 amide bonds. The number of aromatic nitrogens is 2. The Morgan fingerprint density at radius 2 is 2.20 bits per heavy atom. The molecule has 0 aliphatic heterocycles. The standard InChI is InChI=1S/C9H16N2O3S/c1-3-4-5-9(15(12,13)14)11-7-6-10(2)8-11/h6-9H,3-5H2,1-2H3. The first kappa shape index (κ1) is 12.2. The van der Waals surface area contributed by atoms with Crippen LogP contribution in [-0.2, 0) is 17.2 Å². The Bertz CT molecular complexity index is 411. The lowest BCUT2D eigenvalue weighted by Gasteiger charge is -2.16. The van der Waals surface area contributed by atoms with Crippen molar-refractivity contribution in [3.05, 3.63) is 18.7 Å². The molecule has 0 radical (unpaired) electrons. The maximum Gasteiger partial charge on any atom is 0.244 e. The second-order valence-corrected chi connectivity index (χ2v) is 5.15. The van der Waals surface area contributed by atoms with Crippen molar-refractivity contribution >= 4 is 10.1 Å². The quantitative estimate of drug-likeness (QED) is 0.550. The van der Waals surface area contributed by atoms with Gasteiger partial charge < -0.3 is 4.55 Å². The molecule has 0 fully saturated rings. The van der Waals surface area contributed by atoms with Crippen molar-refractivity contribution in [1.82, 2.24) is 4.57 Å². The highest BCUT2D eigenvalue weighted by Crippen LogP contribution is 2.19. The zero-order chi connectivity index (χ0) is 11.5. The van der Waals surface area contributed by atoms with E-state index in [0.29, 0.717) is 6.42 Å². The summed E-state index contributed by atoms with van der Waals surface area (Å²) >= 11 is 0. The smallest absolute Gasteiger partial charge is 0.244 e. The molecule has 1 heterocycles. The highest BCUT2D eigenvalue weighted by Gasteiger charge is 2.22. The summed E-state index contributed by atoms with van der Waals surface area (Å²) in [5, 5.41) is -0.973. The van der Waals surface area contributed by atoms with Gasteiger partial charge in [-0.05, 0) is 6.42 Å². The molecule has 1 aromatic rings. The first-order valence-electron chi connectivity index (χ1n) is 4.92. The van der Waals surface area contributed by atoms with Crippen LogP contribution in [0.5, 0.6) is 0 Å².